The minimum Gasteiger partial charge on any atom is -0.309 e. The molecule has 0 aromatic heterocycles. The summed E-state index contributed by atoms with van der Waals surface area (Å²) in [5.74, 6) is -0.675. The first-order valence-electron chi connectivity index (χ1n) is 6.26. The fourth-order valence-electron chi connectivity index (χ4n) is 2.22. The highest BCUT2D eigenvalue weighted by Gasteiger charge is 2.19. The molecule has 0 saturated heterocycles. The first kappa shape index (κ1) is 14.3. The van der Waals surface area contributed by atoms with Crippen LogP contribution in [-0.2, 0) is 23.1 Å². The van der Waals surface area contributed by atoms with Gasteiger partial charge in [-0.2, -0.15) is 0 Å². The maximum absolute atomic E-state index is 13.6. The van der Waals surface area contributed by atoms with E-state index in [1.807, 2.05) is 0 Å². The van der Waals surface area contributed by atoms with Gasteiger partial charge in [0.1, 0.15) is 5.82 Å². The maximum Gasteiger partial charge on any atom is 0.261 e. The third-order valence-electron chi connectivity index (χ3n) is 3.29. The Bertz CT molecular complexity index is 809. The van der Waals surface area contributed by atoms with Crippen molar-refractivity contribution in [3.63, 3.8) is 0 Å². The fourth-order valence-corrected chi connectivity index (χ4v) is 3.50. The molecule has 0 radical (unpaired) electrons. The quantitative estimate of drug-likeness (QED) is 0.912. The Morgan fingerprint density at radius 1 is 1.10 bits per heavy atom. The lowest BCUT2D eigenvalue weighted by molar-refractivity contribution is 0.598. The van der Waals surface area contributed by atoms with Gasteiger partial charge < -0.3 is 5.32 Å². The number of rotatable bonds is 3. The lowest BCUT2D eigenvalue weighted by atomic mass is 10.1. The van der Waals surface area contributed by atoms with Gasteiger partial charge in [0, 0.05) is 18.1 Å². The van der Waals surface area contributed by atoms with Gasteiger partial charge in [0.25, 0.3) is 10.0 Å². The van der Waals surface area contributed by atoms with E-state index < -0.39 is 15.8 Å². The van der Waals surface area contributed by atoms with Crippen LogP contribution in [0.3, 0.4) is 0 Å². The third-order valence-corrected chi connectivity index (χ3v) is 4.89. The fraction of sp³-hybridized carbons (Fsp3) is 0.143. The van der Waals surface area contributed by atoms with Gasteiger partial charge in [-0.3, -0.25) is 4.72 Å². The normalized spacial score (nSPS) is 14.0. The van der Waals surface area contributed by atoms with E-state index in [0.29, 0.717) is 6.54 Å². The van der Waals surface area contributed by atoms with Crippen molar-refractivity contribution in [3.05, 3.63) is 58.4 Å². The third kappa shape index (κ3) is 2.88. The Kier molecular flexibility index (Phi) is 3.61. The van der Waals surface area contributed by atoms with Gasteiger partial charge >= 0.3 is 0 Å². The van der Waals surface area contributed by atoms with Crippen LogP contribution in [0.2, 0.25) is 5.02 Å². The summed E-state index contributed by atoms with van der Waals surface area (Å²) >= 11 is 5.76. The van der Waals surface area contributed by atoms with Crippen LogP contribution in [-0.4, -0.2) is 8.42 Å². The Labute approximate surface area is 127 Å². The zero-order valence-corrected chi connectivity index (χ0v) is 12.4. The maximum atomic E-state index is 13.6. The van der Waals surface area contributed by atoms with Gasteiger partial charge in [0.05, 0.1) is 10.6 Å². The Hall–Kier alpha value is -1.63. The summed E-state index contributed by atoms with van der Waals surface area (Å²) in [4.78, 5) is 0.101. The van der Waals surface area contributed by atoms with Crippen LogP contribution in [0.15, 0.2) is 41.3 Å². The van der Waals surface area contributed by atoms with Crippen LogP contribution < -0.4 is 10.0 Å². The molecule has 2 aromatic carbocycles. The van der Waals surface area contributed by atoms with Crippen LogP contribution >= 0.6 is 11.6 Å². The number of fused-ring (bicyclic) bond motifs is 1. The molecule has 1 aliphatic rings. The molecule has 0 aliphatic carbocycles. The number of nitrogens with one attached hydrogen (secondary N) is 2. The highest BCUT2D eigenvalue weighted by molar-refractivity contribution is 7.92. The first-order chi connectivity index (χ1) is 9.95. The summed E-state index contributed by atoms with van der Waals surface area (Å²) in [5.41, 5.74) is 1.84. The predicted octanol–water partition coefficient (Wildman–Crippen LogP) is 2.88. The van der Waals surface area contributed by atoms with Gasteiger partial charge in [0.2, 0.25) is 0 Å². The zero-order valence-electron chi connectivity index (χ0n) is 10.9. The van der Waals surface area contributed by atoms with Crippen molar-refractivity contribution in [1.82, 2.24) is 5.32 Å². The van der Waals surface area contributed by atoms with E-state index in [4.69, 9.17) is 11.6 Å². The second-order valence-electron chi connectivity index (χ2n) is 4.76. The molecule has 0 unspecified atom stereocenters. The van der Waals surface area contributed by atoms with E-state index in [-0.39, 0.29) is 15.6 Å². The Morgan fingerprint density at radius 3 is 2.67 bits per heavy atom. The second kappa shape index (κ2) is 5.29. The molecule has 0 saturated carbocycles. The van der Waals surface area contributed by atoms with Gasteiger partial charge in [-0.05, 0) is 41.5 Å². The van der Waals surface area contributed by atoms with Crippen molar-refractivity contribution in [2.24, 2.45) is 0 Å². The SMILES string of the molecule is O=S(=O)(Nc1cc(Cl)ccc1F)c1ccc2c(c1)CNC2. The lowest BCUT2D eigenvalue weighted by Gasteiger charge is -2.10. The number of benzene rings is 2. The summed E-state index contributed by atoms with van der Waals surface area (Å²) in [6.45, 7) is 1.36. The van der Waals surface area contributed by atoms with Crippen molar-refractivity contribution in [2.45, 2.75) is 18.0 Å². The number of hydrogen-bond donors (Lipinski definition) is 2. The molecule has 21 heavy (non-hydrogen) atoms. The molecule has 4 nitrogen and oxygen atoms in total. The van der Waals surface area contributed by atoms with Crippen molar-refractivity contribution in [3.8, 4) is 0 Å². The molecule has 1 heterocycles. The Balaban J connectivity index is 1.95. The summed E-state index contributed by atoms with van der Waals surface area (Å²) in [7, 11) is -3.85. The summed E-state index contributed by atoms with van der Waals surface area (Å²) in [5, 5.41) is 3.40. The molecular weight excluding hydrogens is 315 g/mol. The predicted molar refractivity (Wildman–Crippen MR) is 79.2 cm³/mol. The summed E-state index contributed by atoms with van der Waals surface area (Å²) in [6.07, 6.45) is 0. The lowest BCUT2D eigenvalue weighted by Crippen LogP contribution is -2.14. The van der Waals surface area contributed by atoms with Gasteiger partial charge in [-0.1, -0.05) is 17.7 Å². The van der Waals surface area contributed by atoms with Crippen molar-refractivity contribution >= 4 is 27.3 Å². The number of hydrogen-bond acceptors (Lipinski definition) is 3. The standard InChI is InChI=1S/C14H12ClFN2O2S/c15-11-2-4-13(16)14(6-11)18-21(19,20)12-3-1-9-7-17-8-10(9)5-12/h1-6,17-18H,7-8H2. The van der Waals surface area contributed by atoms with Crippen molar-refractivity contribution < 1.29 is 12.8 Å². The van der Waals surface area contributed by atoms with E-state index in [9.17, 15) is 12.8 Å². The largest absolute Gasteiger partial charge is 0.309 e. The first-order valence-corrected chi connectivity index (χ1v) is 8.12. The van der Waals surface area contributed by atoms with Crippen LogP contribution in [0, 0.1) is 5.82 Å². The Morgan fingerprint density at radius 2 is 1.86 bits per heavy atom. The van der Waals surface area contributed by atoms with Crippen molar-refractivity contribution in [2.75, 3.05) is 4.72 Å². The smallest absolute Gasteiger partial charge is 0.261 e. The van der Waals surface area contributed by atoms with Crippen molar-refractivity contribution in [1.29, 1.82) is 0 Å². The summed E-state index contributed by atoms with van der Waals surface area (Å²) in [6, 6.07) is 8.58. The molecule has 0 fully saturated rings. The average Bonchev–Trinajstić information content (AvgIpc) is 2.90. The van der Waals surface area contributed by atoms with Gasteiger partial charge in [-0.15, -0.1) is 0 Å². The molecule has 2 N–H and O–H groups in total. The molecule has 3 rings (SSSR count). The van der Waals surface area contributed by atoms with E-state index >= 15 is 0 Å². The molecule has 0 bridgehead atoms. The molecular formula is C14H12ClFN2O2S. The van der Waals surface area contributed by atoms with E-state index in [2.05, 4.69) is 10.0 Å². The topological polar surface area (TPSA) is 58.2 Å². The molecule has 0 amide bonds. The van der Waals surface area contributed by atoms with Gasteiger partial charge in [0.15, 0.2) is 0 Å². The van der Waals surface area contributed by atoms with Crippen LogP contribution in [0.25, 0.3) is 0 Å². The van der Waals surface area contributed by atoms with E-state index in [1.54, 1.807) is 12.1 Å². The molecule has 0 spiro atoms. The minimum absolute atomic E-state index is 0.101. The highest BCUT2D eigenvalue weighted by atomic mass is 35.5. The molecule has 0 atom stereocenters. The number of sulfonamides is 1. The van der Waals surface area contributed by atoms with Crippen LogP contribution in [0.4, 0.5) is 10.1 Å². The van der Waals surface area contributed by atoms with Gasteiger partial charge in [-0.25, -0.2) is 12.8 Å². The monoisotopic (exact) mass is 326 g/mol. The summed E-state index contributed by atoms with van der Waals surface area (Å²) < 4.78 is 40.5. The van der Waals surface area contributed by atoms with E-state index in [1.165, 1.54) is 18.2 Å². The molecule has 110 valence electrons. The minimum atomic E-state index is -3.85. The number of anilines is 1. The zero-order chi connectivity index (χ0) is 15.0. The molecule has 7 heteroatoms. The molecule has 1 aliphatic heterocycles. The average molecular weight is 327 g/mol. The highest BCUT2D eigenvalue weighted by Crippen LogP contribution is 2.25. The van der Waals surface area contributed by atoms with Crippen LogP contribution in [0.1, 0.15) is 11.1 Å². The van der Waals surface area contributed by atoms with Crippen LogP contribution in [0.5, 0.6) is 0 Å². The van der Waals surface area contributed by atoms with E-state index in [0.717, 1.165) is 23.7 Å². The number of halogens is 2. The molecule has 2 aromatic rings. The second-order valence-corrected chi connectivity index (χ2v) is 6.88.